The lowest BCUT2D eigenvalue weighted by molar-refractivity contribution is -0.127. The summed E-state index contributed by atoms with van der Waals surface area (Å²) in [7, 11) is 1.24. The molecule has 0 radical (unpaired) electrons. The van der Waals surface area contributed by atoms with Crippen molar-refractivity contribution in [2.75, 3.05) is 19.0 Å². The van der Waals surface area contributed by atoms with Gasteiger partial charge in [-0.1, -0.05) is 13.0 Å². The number of ether oxygens (including phenoxy) is 2. The highest BCUT2D eigenvalue weighted by Gasteiger charge is 2.46. The number of amides is 1. The molecule has 162 valence electrons. The number of aliphatic hydroxyl groups excluding tert-OH is 2. The molecule has 1 aliphatic rings. The van der Waals surface area contributed by atoms with Crippen molar-refractivity contribution in [1.29, 1.82) is 0 Å². The molecular weight excluding hydrogens is 398 g/mol. The molecule has 1 unspecified atom stereocenters. The highest BCUT2D eigenvalue weighted by atomic mass is 19.2. The number of anilines is 1. The molecule has 1 aromatic carbocycles. The Labute approximate surface area is 172 Å². The maximum atomic E-state index is 14.3. The van der Waals surface area contributed by atoms with Gasteiger partial charge in [-0.05, 0) is 31.0 Å². The first-order valence-electron chi connectivity index (χ1n) is 9.51. The van der Waals surface area contributed by atoms with E-state index in [9.17, 15) is 18.7 Å². The van der Waals surface area contributed by atoms with E-state index in [1.54, 1.807) is 6.92 Å². The number of nitrogens with zero attached hydrogens (tertiary/aromatic N) is 1. The van der Waals surface area contributed by atoms with E-state index in [1.807, 2.05) is 6.92 Å². The van der Waals surface area contributed by atoms with E-state index < -0.39 is 42.3 Å². The number of nitrogens with one attached hydrogen (secondary N) is 1. The predicted octanol–water partition coefficient (Wildman–Crippen LogP) is 2.54. The standard InChI is InChI=1S/C21H24F2N2O5/c1-10-11(2)30-20(17(10)13-4-5-14(22)18(23)19(13)29-3)21(28)25-12-6-7-24-15(8-12)16(27)9-26/h4-8,10-11,16-17,20,26-27H,9H2,1-3H3,(H,24,25,28)/t10-,11+,16?,17+,20-/m0/s1. The number of carbonyl (C=O) groups is 1. The van der Waals surface area contributed by atoms with Gasteiger partial charge in [-0.25, -0.2) is 4.39 Å². The first-order valence-corrected chi connectivity index (χ1v) is 9.51. The lowest BCUT2D eigenvalue weighted by atomic mass is 9.82. The zero-order valence-corrected chi connectivity index (χ0v) is 16.8. The normalized spacial score (nSPS) is 24.5. The van der Waals surface area contributed by atoms with Crippen LogP contribution in [0.3, 0.4) is 0 Å². The van der Waals surface area contributed by atoms with E-state index in [0.717, 1.165) is 6.07 Å². The molecule has 2 aromatic rings. The number of hydrogen-bond acceptors (Lipinski definition) is 6. The number of carbonyl (C=O) groups excluding carboxylic acids is 1. The van der Waals surface area contributed by atoms with E-state index in [2.05, 4.69) is 10.3 Å². The zero-order valence-electron chi connectivity index (χ0n) is 16.8. The smallest absolute Gasteiger partial charge is 0.254 e. The zero-order chi connectivity index (χ0) is 22.0. The van der Waals surface area contributed by atoms with Gasteiger partial charge in [0.2, 0.25) is 5.82 Å². The summed E-state index contributed by atoms with van der Waals surface area (Å²) in [6, 6.07) is 5.37. The first kappa shape index (κ1) is 22.1. The van der Waals surface area contributed by atoms with Crippen LogP contribution in [0.4, 0.5) is 14.5 Å². The molecule has 30 heavy (non-hydrogen) atoms. The molecule has 0 aliphatic carbocycles. The third kappa shape index (κ3) is 4.14. The molecule has 3 rings (SSSR count). The van der Waals surface area contributed by atoms with E-state index in [0.29, 0.717) is 11.3 Å². The molecule has 7 nitrogen and oxygen atoms in total. The Hall–Kier alpha value is -2.62. The number of hydrogen-bond donors (Lipinski definition) is 3. The second kappa shape index (κ2) is 9.03. The highest BCUT2D eigenvalue weighted by Crippen LogP contribution is 2.44. The topological polar surface area (TPSA) is 101 Å². The van der Waals surface area contributed by atoms with Gasteiger partial charge in [-0.15, -0.1) is 0 Å². The summed E-state index contributed by atoms with van der Waals surface area (Å²) in [6.07, 6.45) is -1.08. The van der Waals surface area contributed by atoms with Gasteiger partial charge in [0, 0.05) is 23.4 Å². The minimum atomic E-state index is -1.18. The van der Waals surface area contributed by atoms with Crippen LogP contribution >= 0.6 is 0 Å². The number of pyridine rings is 1. The molecule has 3 N–H and O–H groups in total. The molecule has 0 spiro atoms. The Morgan fingerprint density at radius 1 is 1.33 bits per heavy atom. The van der Waals surface area contributed by atoms with Gasteiger partial charge in [0.25, 0.3) is 5.91 Å². The number of aromatic nitrogens is 1. The quantitative estimate of drug-likeness (QED) is 0.662. The molecular formula is C21H24F2N2O5. The Kier molecular flexibility index (Phi) is 6.64. The van der Waals surface area contributed by atoms with Crippen LogP contribution in [0, 0.1) is 17.6 Å². The molecule has 1 saturated heterocycles. The van der Waals surface area contributed by atoms with Crippen molar-refractivity contribution in [2.45, 2.75) is 38.1 Å². The van der Waals surface area contributed by atoms with Gasteiger partial charge in [0.15, 0.2) is 11.6 Å². The number of benzene rings is 1. The minimum absolute atomic E-state index is 0.177. The van der Waals surface area contributed by atoms with Crippen molar-refractivity contribution in [3.8, 4) is 5.75 Å². The summed E-state index contributed by atoms with van der Waals surface area (Å²) >= 11 is 0. The molecule has 2 heterocycles. The third-order valence-electron chi connectivity index (χ3n) is 5.46. The van der Waals surface area contributed by atoms with Crippen molar-refractivity contribution in [3.05, 3.63) is 53.4 Å². The van der Waals surface area contributed by atoms with Crippen LogP contribution < -0.4 is 10.1 Å². The van der Waals surface area contributed by atoms with Crippen molar-refractivity contribution in [2.24, 2.45) is 5.92 Å². The maximum absolute atomic E-state index is 14.3. The van der Waals surface area contributed by atoms with Crippen molar-refractivity contribution in [3.63, 3.8) is 0 Å². The van der Waals surface area contributed by atoms with Gasteiger partial charge >= 0.3 is 0 Å². The van der Waals surface area contributed by atoms with E-state index in [4.69, 9.17) is 14.6 Å². The van der Waals surface area contributed by atoms with E-state index >= 15 is 0 Å². The highest BCUT2D eigenvalue weighted by molar-refractivity contribution is 5.95. The van der Waals surface area contributed by atoms with Crippen LogP contribution in [0.1, 0.15) is 37.1 Å². The average molecular weight is 422 g/mol. The van der Waals surface area contributed by atoms with Crippen molar-refractivity contribution >= 4 is 11.6 Å². The van der Waals surface area contributed by atoms with E-state index in [1.165, 1.54) is 31.5 Å². The van der Waals surface area contributed by atoms with Gasteiger partial charge < -0.3 is 25.0 Å². The fourth-order valence-electron chi connectivity index (χ4n) is 3.71. The lowest BCUT2D eigenvalue weighted by Gasteiger charge is -2.23. The second-order valence-electron chi connectivity index (χ2n) is 7.29. The predicted molar refractivity (Wildman–Crippen MR) is 104 cm³/mol. The maximum Gasteiger partial charge on any atom is 0.254 e. The summed E-state index contributed by atoms with van der Waals surface area (Å²) in [4.78, 5) is 17.0. The summed E-state index contributed by atoms with van der Waals surface area (Å²) in [5.74, 6) is -3.64. The first-order chi connectivity index (χ1) is 14.3. The third-order valence-corrected chi connectivity index (χ3v) is 5.46. The molecule has 0 saturated carbocycles. The number of methoxy groups -OCH3 is 1. The Balaban J connectivity index is 1.91. The Bertz CT molecular complexity index is 926. The monoisotopic (exact) mass is 422 g/mol. The molecule has 0 bridgehead atoms. The molecule has 1 aromatic heterocycles. The van der Waals surface area contributed by atoms with Crippen LogP contribution in [0.15, 0.2) is 30.5 Å². The van der Waals surface area contributed by atoms with Crippen molar-refractivity contribution in [1.82, 2.24) is 4.98 Å². The van der Waals surface area contributed by atoms with E-state index in [-0.39, 0.29) is 23.5 Å². The lowest BCUT2D eigenvalue weighted by Crippen LogP contribution is -2.33. The molecule has 5 atom stereocenters. The fourth-order valence-corrected chi connectivity index (χ4v) is 3.71. The van der Waals surface area contributed by atoms with Gasteiger partial charge in [-0.3, -0.25) is 9.78 Å². The Morgan fingerprint density at radius 2 is 2.07 bits per heavy atom. The van der Waals surface area contributed by atoms with Gasteiger partial charge in [-0.2, -0.15) is 4.39 Å². The number of rotatable bonds is 6. The van der Waals surface area contributed by atoms with Crippen LogP contribution in [-0.2, 0) is 9.53 Å². The summed E-state index contributed by atoms with van der Waals surface area (Å²) in [6.45, 7) is 3.16. The Morgan fingerprint density at radius 3 is 2.73 bits per heavy atom. The van der Waals surface area contributed by atoms with Crippen molar-refractivity contribution < 1.29 is 33.3 Å². The summed E-state index contributed by atoms with van der Waals surface area (Å²) in [5, 5.41) is 21.5. The van der Waals surface area contributed by atoms with Crippen LogP contribution in [-0.4, -0.2) is 47.0 Å². The summed E-state index contributed by atoms with van der Waals surface area (Å²) in [5.41, 5.74) is 0.895. The van der Waals surface area contributed by atoms with Gasteiger partial charge in [0.1, 0.15) is 12.2 Å². The molecule has 1 aliphatic heterocycles. The fraction of sp³-hybridized carbons (Fsp3) is 0.429. The molecule has 9 heteroatoms. The van der Waals surface area contributed by atoms with Crippen LogP contribution in [0.2, 0.25) is 0 Å². The largest absolute Gasteiger partial charge is 0.493 e. The summed E-state index contributed by atoms with van der Waals surface area (Å²) < 4.78 is 38.9. The molecule has 1 amide bonds. The van der Waals surface area contributed by atoms with Crippen LogP contribution in [0.5, 0.6) is 5.75 Å². The average Bonchev–Trinajstić information content (AvgIpc) is 3.04. The second-order valence-corrected chi connectivity index (χ2v) is 7.29. The number of halogens is 2. The SMILES string of the molecule is COc1c([C@H]2[C@@H](C)[C@@H](C)O[C@@H]2C(=O)Nc2ccnc(C(O)CO)c2)ccc(F)c1F. The minimum Gasteiger partial charge on any atom is -0.493 e. The number of aliphatic hydroxyl groups is 2. The van der Waals surface area contributed by atoms with Crippen LogP contribution in [0.25, 0.3) is 0 Å². The van der Waals surface area contributed by atoms with Gasteiger partial charge in [0.05, 0.1) is 25.5 Å². The molecule has 1 fully saturated rings.